The highest BCUT2D eigenvalue weighted by Crippen LogP contribution is 2.32. The number of aliphatic imine (C=N–C) groups is 1. The van der Waals surface area contributed by atoms with E-state index in [-0.39, 0.29) is 24.6 Å². The van der Waals surface area contributed by atoms with Gasteiger partial charge in [-0.2, -0.15) is 13.2 Å². The third-order valence-electron chi connectivity index (χ3n) is 3.46. The molecular weight excluding hydrogens is 354 g/mol. The van der Waals surface area contributed by atoms with Gasteiger partial charge in [0.2, 0.25) is 0 Å². The van der Waals surface area contributed by atoms with Gasteiger partial charge in [0.25, 0.3) is 0 Å². The Labute approximate surface area is 147 Å². The van der Waals surface area contributed by atoms with E-state index in [1.54, 1.807) is 19.1 Å². The molecule has 0 fully saturated rings. The number of aliphatic hydroxyl groups excluding tert-OH is 1. The fraction of sp³-hybridized carbons (Fsp3) is 0.353. The molecule has 0 bridgehead atoms. The number of halogens is 4. The lowest BCUT2D eigenvalue weighted by atomic mass is 10.1. The molecule has 0 radical (unpaired) electrons. The lowest BCUT2D eigenvalue weighted by Crippen LogP contribution is -2.39. The average molecular weight is 373 g/mol. The number of hydrogen-bond donors (Lipinski definition) is 3. The molecule has 2 aromatic rings. The number of guanidine groups is 1. The van der Waals surface area contributed by atoms with Gasteiger partial charge in [-0.3, -0.25) is 0 Å². The van der Waals surface area contributed by atoms with Gasteiger partial charge in [-0.05, 0) is 36.8 Å². The van der Waals surface area contributed by atoms with Gasteiger partial charge < -0.3 is 20.2 Å². The number of hydrogen-bond acceptors (Lipinski definition) is 3. The van der Waals surface area contributed by atoms with Crippen LogP contribution >= 0.6 is 0 Å². The highest BCUT2D eigenvalue weighted by molar-refractivity contribution is 5.79. The van der Waals surface area contributed by atoms with Crippen LogP contribution in [0.2, 0.25) is 0 Å². The molecule has 0 aliphatic carbocycles. The SMILES string of the molecule is CCNC(=NCc1ccc(F)cc1C(F)(F)F)NCC(O)c1ccco1. The van der Waals surface area contributed by atoms with E-state index in [1.165, 1.54) is 6.26 Å². The van der Waals surface area contributed by atoms with Crippen molar-refractivity contribution in [1.29, 1.82) is 0 Å². The summed E-state index contributed by atoms with van der Waals surface area (Å²) in [7, 11) is 0. The molecule has 0 saturated heterocycles. The maximum absolute atomic E-state index is 13.1. The highest BCUT2D eigenvalue weighted by Gasteiger charge is 2.33. The molecule has 0 aliphatic heterocycles. The summed E-state index contributed by atoms with van der Waals surface area (Å²) in [6.45, 7) is 2.01. The molecule has 1 atom stereocenters. The molecule has 1 aromatic carbocycles. The van der Waals surface area contributed by atoms with Crippen LogP contribution in [-0.4, -0.2) is 24.2 Å². The molecule has 3 N–H and O–H groups in total. The first-order valence-electron chi connectivity index (χ1n) is 7.90. The third kappa shape index (κ3) is 5.48. The van der Waals surface area contributed by atoms with Crippen molar-refractivity contribution in [3.63, 3.8) is 0 Å². The van der Waals surface area contributed by atoms with E-state index in [0.29, 0.717) is 18.4 Å². The minimum Gasteiger partial charge on any atom is -0.467 e. The lowest BCUT2D eigenvalue weighted by Gasteiger charge is -2.15. The molecule has 5 nitrogen and oxygen atoms in total. The van der Waals surface area contributed by atoms with Gasteiger partial charge in [-0.25, -0.2) is 9.38 Å². The predicted molar refractivity (Wildman–Crippen MR) is 87.9 cm³/mol. The fourth-order valence-corrected chi connectivity index (χ4v) is 2.23. The standard InChI is InChI=1S/C17H19F4N3O2/c1-2-22-16(24-10-14(25)15-4-3-7-26-15)23-9-11-5-6-12(18)8-13(11)17(19,20)21/h3-8,14,25H,2,9-10H2,1H3,(H2,22,23,24). The number of benzene rings is 1. The molecular formula is C17H19F4N3O2. The lowest BCUT2D eigenvalue weighted by molar-refractivity contribution is -0.138. The summed E-state index contributed by atoms with van der Waals surface area (Å²) in [5, 5.41) is 15.7. The van der Waals surface area contributed by atoms with Crippen molar-refractivity contribution in [1.82, 2.24) is 10.6 Å². The topological polar surface area (TPSA) is 69.8 Å². The Hall–Kier alpha value is -2.55. The van der Waals surface area contributed by atoms with Crippen molar-refractivity contribution in [2.45, 2.75) is 25.7 Å². The first-order valence-corrected chi connectivity index (χ1v) is 7.90. The van der Waals surface area contributed by atoms with Gasteiger partial charge in [0.1, 0.15) is 17.7 Å². The molecule has 0 saturated carbocycles. The van der Waals surface area contributed by atoms with Crippen molar-refractivity contribution in [3.8, 4) is 0 Å². The zero-order valence-electron chi connectivity index (χ0n) is 14.0. The van der Waals surface area contributed by atoms with E-state index in [0.717, 1.165) is 12.1 Å². The zero-order valence-corrected chi connectivity index (χ0v) is 14.0. The summed E-state index contributed by atoms with van der Waals surface area (Å²) in [5.41, 5.74) is -1.21. The summed E-state index contributed by atoms with van der Waals surface area (Å²) in [6.07, 6.45) is -4.19. The van der Waals surface area contributed by atoms with Crippen molar-refractivity contribution in [2.24, 2.45) is 4.99 Å². The molecule has 2 rings (SSSR count). The number of furan rings is 1. The molecule has 0 amide bonds. The van der Waals surface area contributed by atoms with Crippen LogP contribution in [0.25, 0.3) is 0 Å². The van der Waals surface area contributed by atoms with Crippen LogP contribution in [0.15, 0.2) is 46.0 Å². The third-order valence-corrected chi connectivity index (χ3v) is 3.46. The number of nitrogens with one attached hydrogen (secondary N) is 2. The Bertz CT molecular complexity index is 730. The Kier molecular flexibility index (Phi) is 6.62. The normalized spacial score (nSPS) is 13.5. The van der Waals surface area contributed by atoms with Gasteiger partial charge in [-0.15, -0.1) is 0 Å². The Morgan fingerprint density at radius 1 is 1.27 bits per heavy atom. The maximum Gasteiger partial charge on any atom is 0.416 e. The molecule has 1 unspecified atom stereocenters. The smallest absolute Gasteiger partial charge is 0.416 e. The number of aliphatic hydroxyl groups is 1. The van der Waals surface area contributed by atoms with Crippen LogP contribution in [0.1, 0.15) is 29.9 Å². The monoisotopic (exact) mass is 373 g/mol. The van der Waals surface area contributed by atoms with Crippen molar-refractivity contribution in [3.05, 3.63) is 59.3 Å². The largest absolute Gasteiger partial charge is 0.467 e. The van der Waals surface area contributed by atoms with Crippen LogP contribution in [0.5, 0.6) is 0 Å². The summed E-state index contributed by atoms with van der Waals surface area (Å²) >= 11 is 0. The van der Waals surface area contributed by atoms with E-state index in [1.807, 2.05) is 0 Å². The van der Waals surface area contributed by atoms with Crippen molar-refractivity contribution >= 4 is 5.96 Å². The van der Waals surface area contributed by atoms with Crippen molar-refractivity contribution in [2.75, 3.05) is 13.1 Å². The average Bonchev–Trinajstić information content (AvgIpc) is 3.11. The van der Waals surface area contributed by atoms with Crippen molar-refractivity contribution < 1.29 is 27.1 Å². The van der Waals surface area contributed by atoms with Gasteiger partial charge in [-0.1, -0.05) is 6.07 Å². The molecule has 0 aliphatic rings. The fourth-order valence-electron chi connectivity index (χ4n) is 2.23. The molecule has 0 spiro atoms. The summed E-state index contributed by atoms with van der Waals surface area (Å²) in [5.74, 6) is -0.390. The van der Waals surface area contributed by atoms with Crippen LogP contribution < -0.4 is 10.6 Å². The van der Waals surface area contributed by atoms with Crippen LogP contribution in [0.3, 0.4) is 0 Å². The second-order valence-corrected chi connectivity index (χ2v) is 5.41. The highest BCUT2D eigenvalue weighted by atomic mass is 19.4. The molecule has 9 heteroatoms. The molecule has 142 valence electrons. The van der Waals surface area contributed by atoms with Crippen LogP contribution in [-0.2, 0) is 12.7 Å². The van der Waals surface area contributed by atoms with Gasteiger partial charge in [0.15, 0.2) is 5.96 Å². The van der Waals surface area contributed by atoms with E-state index in [9.17, 15) is 22.7 Å². The van der Waals surface area contributed by atoms with Gasteiger partial charge in [0.05, 0.1) is 24.9 Å². The van der Waals surface area contributed by atoms with Gasteiger partial charge >= 0.3 is 6.18 Å². The second kappa shape index (κ2) is 8.70. The Morgan fingerprint density at radius 3 is 2.65 bits per heavy atom. The summed E-state index contributed by atoms with van der Waals surface area (Å²) in [6, 6.07) is 5.70. The number of nitrogens with zero attached hydrogens (tertiary/aromatic N) is 1. The first kappa shape index (κ1) is 19.8. The quantitative estimate of drug-likeness (QED) is 0.413. The van der Waals surface area contributed by atoms with E-state index >= 15 is 0 Å². The Balaban J connectivity index is 2.09. The van der Waals surface area contributed by atoms with E-state index in [4.69, 9.17) is 4.42 Å². The predicted octanol–water partition coefficient (Wildman–Crippen LogP) is 3.23. The Morgan fingerprint density at radius 2 is 2.04 bits per heavy atom. The molecule has 1 aromatic heterocycles. The van der Waals surface area contributed by atoms with Crippen LogP contribution in [0.4, 0.5) is 17.6 Å². The van der Waals surface area contributed by atoms with E-state index < -0.39 is 23.7 Å². The van der Waals surface area contributed by atoms with Gasteiger partial charge in [0, 0.05) is 6.54 Å². The second-order valence-electron chi connectivity index (χ2n) is 5.41. The minimum absolute atomic E-state index is 0.0505. The minimum atomic E-state index is -4.67. The van der Waals surface area contributed by atoms with E-state index in [2.05, 4.69) is 15.6 Å². The molecule has 26 heavy (non-hydrogen) atoms. The summed E-state index contributed by atoms with van der Waals surface area (Å²) < 4.78 is 57.3. The molecule has 1 heterocycles. The maximum atomic E-state index is 13.1. The van der Waals surface area contributed by atoms with Crippen LogP contribution in [0, 0.1) is 5.82 Å². The first-order chi connectivity index (χ1) is 12.3. The number of alkyl halides is 3. The summed E-state index contributed by atoms with van der Waals surface area (Å²) in [4.78, 5) is 4.07. The number of rotatable bonds is 6. The zero-order chi connectivity index (χ0) is 19.2.